The van der Waals surface area contributed by atoms with Gasteiger partial charge in [0, 0.05) is 5.56 Å². The fourth-order valence-electron chi connectivity index (χ4n) is 1.64. The van der Waals surface area contributed by atoms with Gasteiger partial charge >= 0.3 is 0 Å². The lowest BCUT2D eigenvalue weighted by molar-refractivity contribution is -0.469. The molecule has 4 N–H and O–H groups in total. The molecule has 0 aliphatic carbocycles. The number of aromatic hydroxyl groups is 3. The molecule has 0 aromatic heterocycles. The highest BCUT2D eigenvalue weighted by molar-refractivity contribution is 5.79. The average molecular weight is 304 g/mol. The summed E-state index contributed by atoms with van der Waals surface area (Å²) in [6.45, 7) is 2.68. The fourth-order valence-corrected chi connectivity index (χ4v) is 1.64. The molecule has 2 aromatic rings. The van der Waals surface area contributed by atoms with Crippen LogP contribution in [0.2, 0.25) is 0 Å². The number of nitrogens with one attached hydrogen (secondary N) is 1. The summed E-state index contributed by atoms with van der Waals surface area (Å²) in [6.07, 6.45) is 1.26. The van der Waals surface area contributed by atoms with Gasteiger partial charge in [0.25, 0.3) is 0 Å². The molecule has 0 saturated heterocycles. The van der Waals surface area contributed by atoms with Gasteiger partial charge in [0.2, 0.25) is 0 Å². The Kier molecular flexibility index (Phi) is 6.24. The van der Waals surface area contributed by atoms with E-state index in [1.54, 1.807) is 24.3 Å². The van der Waals surface area contributed by atoms with Crippen molar-refractivity contribution in [3.63, 3.8) is 0 Å². The Hall–Kier alpha value is -3.22. The van der Waals surface area contributed by atoms with E-state index in [-0.39, 0.29) is 23.8 Å². The first kappa shape index (κ1) is 16.8. The lowest BCUT2D eigenvalue weighted by atomic mass is 10.2. The van der Waals surface area contributed by atoms with E-state index >= 15 is 0 Å². The molecule has 0 unspecified atom stereocenters. The number of benzene rings is 2. The van der Waals surface area contributed by atoms with E-state index in [1.165, 1.54) is 29.6 Å². The molecular formula is C15H16N2O5. The van der Waals surface area contributed by atoms with E-state index in [9.17, 15) is 15.4 Å². The Labute approximate surface area is 126 Å². The number of hydrogen-bond donors (Lipinski definition) is 4. The lowest BCUT2D eigenvalue weighted by Crippen LogP contribution is -2.56. The van der Waals surface area contributed by atoms with Crippen LogP contribution in [0.4, 0.5) is 0 Å². The maximum Gasteiger partial charge on any atom is 0.185 e. The van der Waals surface area contributed by atoms with E-state index < -0.39 is 0 Å². The van der Waals surface area contributed by atoms with Crippen LogP contribution in [0.25, 0.3) is 0 Å². The molecule has 116 valence electrons. The minimum Gasteiger partial charge on any atom is -0.626 e. The van der Waals surface area contributed by atoms with Gasteiger partial charge in [-0.1, -0.05) is 12.1 Å². The van der Waals surface area contributed by atoms with Crippen molar-refractivity contribution in [3.8, 4) is 17.2 Å². The summed E-state index contributed by atoms with van der Waals surface area (Å²) in [5, 5.41) is 49.6. The number of rotatable bonds is 3. The van der Waals surface area contributed by atoms with Crippen LogP contribution >= 0.6 is 0 Å². The van der Waals surface area contributed by atoms with E-state index in [0.717, 1.165) is 0 Å². The summed E-state index contributed by atoms with van der Waals surface area (Å²) in [4.78, 5) is 0. The number of para-hydroxylation sites is 1. The van der Waals surface area contributed by atoms with Gasteiger partial charge in [-0.05, 0) is 30.3 Å². The lowest BCUT2D eigenvalue weighted by Gasteiger charge is -2.06. The van der Waals surface area contributed by atoms with Crippen LogP contribution in [-0.4, -0.2) is 33.0 Å². The summed E-state index contributed by atoms with van der Waals surface area (Å²) >= 11 is 0. The number of nitrogens with zero attached hydrogens (tertiary/aromatic N) is 1. The molecule has 0 aliphatic rings. The van der Waals surface area contributed by atoms with Gasteiger partial charge < -0.3 is 25.7 Å². The Balaban J connectivity index is 0.000000745. The van der Waals surface area contributed by atoms with Crippen LogP contribution in [0.5, 0.6) is 17.2 Å². The highest BCUT2D eigenvalue weighted by Crippen LogP contribution is 2.25. The number of hydroxylamine groups is 1. The van der Waals surface area contributed by atoms with Crippen molar-refractivity contribution in [3.05, 3.63) is 64.0 Å². The smallest absolute Gasteiger partial charge is 0.185 e. The third-order valence-electron chi connectivity index (χ3n) is 2.60. The Bertz CT molecular complexity index is 671. The number of hydrogen-bond acceptors (Lipinski definition) is 5. The maximum absolute atomic E-state index is 11.7. The largest absolute Gasteiger partial charge is 0.626 e. The molecule has 0 fully saturated rings. The zero-order valence-corrected chi connectivity index (χ0v) is 11.6. The van der Waals surface area contributed by atoms with Gasteiger partial charge in [0.05, 0.1) is 5.56 Å². The van der Waals surface area contributed by atoms with E-state index in [1.807, 2.05) is 0 Å². The molecule has 0 bridgehead atoms. The van der Waals surface area contributed by atoms with Gasteiger partial charge in [-0.3, -0.25) is 0 Å². The summed E-state index contributed by atoms with van der Waals surface area (Å²) in [6, 6.07) is 10.7. The Morgan fingerprint density at radius 3 is 2.27 bits per heavy atom. The third kappa shape index (κ3) is 5.04. The first-order chi connectivity index (χ1) is 10.5. The molecule has 0 heterocycles. The van der Waals surface area contributed by atoms with Crippen LogP contribution in [0, 0.1) is 10.4 Å². The van der Waals surface area contributed by atoms with Gasteiger partial charge in [0.15, 0.2) is 24.3 Å². The van der Waals surface area contributed by atoms with Crippen LogP contribution in [0.3, 0.4) is 0 Å². The van der Waals surface area contributed by atoms with Crippen molar-refractivity contribution in [2.24, 2.45) is 0 Å². The van der Waals surface area contributed by atoms with Gasteiger partial charge in [-0.15, -0.1) is 0 Å². The van der Waals surface area contributed by atoms with E-state index in [0.29, 0.717) is 15.9 Å². The quantitative estimate of drug-likeness (QED) is 0.212. The van der Waals surface area contributed by atoms with Crippen molar-refractivity contribution >= 4 is 12.9 Å². The molecule has 2 rings (SSSR count). The van der Waals surface area contributed by atoms with Crippen LogP contribution in [-0.2, 0) is 6.54 Å². The minimum atomic E-state index is -0.270. The topological polar surface area (TPSA) is 124 Å². The SMILES string of the molecule is C=[NH+][O-].[O-]/[N+](=C/c1ccccc1O)Cc1ccc(O)c(O)c1. The Morgan fingerprint density at radius 2 is 1.68 bits per heavy atom. The zero-order chi connectivity index (χ0) is 16.5. The summed E-state index contributed by atoms with van der Waals surface area (Å²) < 4.78 is 0.640. The van der Waals surface area contributed by atoms with Crippen molar-refractivity contribution < 1.29 is 25.2 Å². The first-order valence-electron chi connectivity index (χ1n) is 6.19. The highest BCUT2D eigenvalue weighted by Gasteiger charge is 2.05. The maximum atomic E-state index is 11.7. The summed E-state index contributed by atoms with van der Waals surface area (Å²) in [5.74, 6) is -0.476. The molecule has 0 aliphatic heterocycles. The van der Waals surface area contributed by atoms with Gasteiger partial charge in [0.1, 0.15) is 12.5 Å². The summed E-state index contributed by atoms with van der Waals surface area (Å²) in [5.41, 5.74) is 0.970. The van der Waals surface area contributed by atoms with Crippen LogP contribution in [0.15, 0.2) is 42.5 Å². The molecule has 0 radical (unpaired) electrons. The van der Waals surface area contributed by atoms with Crippen molar-refractivity contribution in [2.75, 3.05) is 0 Å². The predicted octanol–water partition coefficient (Wildman–Crippen LogP) is 0.198. The number of phenols is 3. The second-order valence-corrected chi connectivity index (χ2v) is 4.23. The molecule has 2 aromatic carbocycles. The van der Waals surface area contributed by atoms with Crippen LogP contribution < -0.4 is 5.16 Å². The average Bonchev–Trinajstić information content (AvgIpc) is 2.46. The molecule has 7 nitrogen and oxygen atoms in total. The van der Waals surface area contributed by atoms with Crippen molar-refractivity contribution in [2.45, 2.75) is 6.54 Å². The first-order valence-corrected chi connectivity index (χ1v) is 6.19. The molecule has 0 atom stereocenters. The second kappa shape index (κ2) is 8.15. The van der Waals surface area contributed by atoms with Crippen LogP contribution in [0.1, 0.15) is 11.1 Å². The standard InChI is InChI=1S/C14H13NO4.CH3NO/c16-12-4-2-1-3-11(12)9-15(19)8-10-5-6-13(17)14(18)7-10;1-2-3/h1-7,9,16-18H,8H2;2H,1H2/b15-9+;. The molecule has 0 saturated carbocycles. The fraction of sp³-hybridized carbons (Fsp3) is 0.0667. The zero-order valence-electron chi connectivity index (χ0n) is 11.6. The van der Waals surface area contributed by atoms with E-state index in [4.69, 9.17) is 10.3 Å². The van der Waals surface area contributed by atoms with Gasteiger partial charge in [-0.2, -0.15) is 0 Å². The third-order valence-corrected chi connectivity index (χ3v) is 2.60. The van der Waals surface area contributed by atoms with E-state index in [2.05, 4.69) is 6.72 Å². The molecular weight excluding hydrogens is 288 g/mol. The van der Waals surface area contributed by atoms with Crippen molar-refractivity contribution in [1.82, 2.24) is 0 Å². The number of phenolic OH excluding ortho intramolecular Hbond substituents is 3. The predicted molar refractivity (Wildman–Crippen MR) is 81.8 cm³/mol. The van der Waals surface area contributed by atoms with Crippen molar-refractivity contribution in [1.29, 1.82) is 0 Å². The molecule has 0 spiro atoms. The molecule has 7 heteroatoms. The Morgan fingerprint density at radius 1 is 1.05 bits per heavy atom. The highest BCUT2D eigenvalue weighted by atomic mass is 16.5. The molecule has 22 heavy (non-hydrogen) atoms. The van der Waals surface area contributed by atoms with Gasteiger partial charge in [-0.25, -0.2) is 9.89 Å². The second-order valence-electron chi connectivity index (χ2n) is 4.23. The minimum absolute atomic E-state index is 0.00216. The monoisotopic (exact) mass is 304 g/mol. The molecule has 0 amide bonds. The summed E-state index contributed by atoms with van der Waals surface area (Å²) in [7, 11) is 0. The normalized spacial score (nSPS) is 10.5.